The second kappa shape index (κ2) is 3.71. The highest BCUT2D eigenvalue weighted by Gasteiger charge is 2.25. The third-order valence-electron chi connectivity index (χ3n) is 3.15. The van der Waals surface area contributed by atoms with Crippen molar-refractivity contribution in [2.75, 3.05) is 20.1 Å². The van der Waals surface area contributed by atoms with Crippen LogP contribution >= 0.6 is 11.6 Å². The quantitative estimate of drug-likeness (QED) is 0.757. The zero-order valence-corrected chi connectivity index (χ0v) is 9.85. The van der Waals surface area contributed by atoms with Gasteiger partial charge in [-0.1, -0.05) is 11.6 Å². The fourth-order valence-electron chi connectivity index (χ4n) is 2.31. The van der Waals surface area contributed by atoms with E-state index in [0.29, 0.717) is 5.92 Å². The van der Waals surface area contributed by atoms with Crippen LogP contribution in [0.1, 0.15) is 18.2 Å². The van der Waals surface area contributed by atoms with Crippen LogP contribution in [0.3, 0.4) is 0 Å². The van der Waals surface area contributed by atoms with E-state index < -0.39 is 0 Å². The molecule has 2 aromatic rings. The SMILES string of the molecule is CN1CCC(c2nnc3ccc(Cl)cn23)C1. The molecule has 0 saturated carbocycles. The van der Waals surface area contributed by atoms with E-state index in [9.17, 15) is 0 Å². The largest absolute Gasteiger partial charge is 0.306 e. The molecule has 0 spiro atoms. The van der Waals surface area contributed by atoms with Crippen LogP contribution in [0.4, 0.5) is 0 Å². The number of pyridine rings is 1. The molecular formula is C11H13ClN4. The summed E-state index contributed by atoms with van der Waals surface area (Å²) in [6, 6.07) is 3.74. The van der Waals surface area contributed by atoms with Crippen molar-refractivity contribution in [3.8, 4) is 0 Å². The minimum absolute atomic E-state index is 0.471. The molecule has 1 saturated heterocycles. The summed E-state index contributed by atoms with van der Waals surface area (Å²) in [7, 11) is 2.14. The molecule has 16 heavy (non-hydrogen) atoms. The summed E-state index contributed by atoms with van der Waals surface area (Å²) >= 11 is 6.00. The first-order valence-corrected chi connectivity index (χ1v) is 5.80. The van der Waals surface area contributed by atoms with E-state index in [2.05, 4.69) is 22.1 Å². The van der Waals surface area contributed by atoms with Crippen LogP contribution in [0.2, 0.25) is 5.02 Å². The summed E-state index contributed by atoms with van der Waals surface area (Å²) in [6.45, 7) is 2.17. The Morgan fingerprint density at radius 1 is 1.38 bits per heavy atom. The van der Waals surface area contributed by atoms with Crippen LogP contribution in [0.5, 0.6) is 0 Å². The molecule has 3 heterocycles. The van der Waals surface area contributed by atoms with Gasteiger partial charge in [-0.15, -0.1) is 10.2 Å². The molecule has 1 atom stereocenters. The highest BCUT2D eigenvalue weighted by atomic mass is 35.5. The summed E-state index contributed by atoms with van der Waals surface area (Å²) < 4.78 is 2.01. The number of hydrogen-bond donors (Lipinski definition) is 0. The van der Waals surface area contributed by atoms with E-state index in [-0.39, 0.29) is 0 Å². The van der Waals surface area contributed by atoms with Crippen LogP contribution in [0, 0.1) is 0 Å². The molecule has 5 heteroatoms. The van der Waals surface area contributed by atoms with E-state index in [1.165, 1.54) is 0 Å². The third kappa shape index (κ3) is 1.58. The van der Waals surface area contributed by atoms with Crippen molar-refractivity contribution in [1.29, 1.82) is 0 Å². The molecule has 0 aliphatic carbocycles. The Kier molecular flexibility index (Phi) is 2.33. The lowest BCUT2D eigenvalue weighted by Crippen LogP contribution is -2.14. The molecule has 1 unspecified atom stereocenters. The van der Waals surface area contributed by atoms with Gasteiger partial charge < -0.3 is 4.90 Å². The Morgan fingerprint density at radius 3 is 3.00 bits per heavy atom. The molecule has 0 N–H and O–H groups in total. The zero-order valence-electron chi connectivity index (χ0n) is 9.10. The molecule has 0 radical (unpaired) electrons. The van der Waals surface area contributed by atoms with Gasteiger partial charge in [0.15, 0.2) is 5.65 Å². The maximum atomic E-state index is 6.00. The van der Waals surface area contributed by atoms with E-state index >= 15 is 0 Å². The fraction of sp³-hybridized carbons (Fsp3) is 0.455. The van der Waals surface area contributed by atoms with E-state index in [1.807, 2.05) is 22.7 Å². The first-order chi connectivity index (χ1) is 7.74. The number of rotatable bonds is 1. The van der Waals surface area contributed by atoms with Crippen molar-refractivity contribution in [3.05, 3.63) is 29.2 Å². The number of fused-ring (bicyclic) bond motifs is 1. The Labute approximate surface area is 98.8 Å². The zero-order chi connectivity index (χ0) is 11.1. The van der Waals surface area contributed by atoms with Crippen LogP contribution in [0.25, 0.3) is 5.65 Å². The summed E-state index contributed by atoms with van der Waals surface area (Å²) in [6.07, 6.45) is 3.04. The lowest BCUT2D eigenvalue weighted by molar-refractivity contribution is 0.409. The van der Waals surface area contributed by atoms with E-state index in [4.69, 9.17) is 11.6 Å². The van der Waals surface area contributed by atoms with Crippen molar-refractivity contribution >= 4 is 17.2 Å². The number of likely N-dealkylation sites (N-methyl/N-ethyl adjacent to an activating group) is 1. The standard InChI is InChI=1S/C11H13ClN4/c1-15-5-4-8(6-15)11-14-13-10-3-2-9(12)7-16(10)11/h2-3,7-8H,4-6H2,1H3. The lowest BCUT2D eigenvalue weighted by Gasteiger charge is -2.08. The van der Waals surface area contributed by atoms with Gasteiger partial charge in [-0.05, 0) is 32.1 Å². The lowest BCUT2D eigenvalue weighted by atomic mass is 10.1. The van der Waals surface area contributed by atoms with Crippen molar-refractivity contribution < 1.29 is 0 Å². The summed E-state index contributed by atoms with van der Waals surface area (Å²) in [5, 5.41) is 9.17. The minimum Gasteiger partial charge on any atom is -0.306 e. The van der Waals surface area contributed by atoms with Gasteiger partial charge in [-0.2, -0.15) is 0 Å². The van der Waals surface area contributed by atoms with E-state index in [1.54, 1.807) is 0 Å². The van der Waals surface area contributed by atoms with Gasteiger partial charge in [0.2, 0.25) is 0 Å². The second-order valence-corrected chi connectivity index (χ2v) is 4.82. The normalized spacial score (nSPS) is 22.0. The second-order valence-electron chi connectivity index (χ2n) is 4.38. The highest BCUT2D eigenvalue weighted by molar-refractivity contribution is 6.30. The minimum atomic E-state index is 0.471. The van der Waals surface area contributed by atoms with Gasteiger partial charge in [-0.25, -0.2) is 0 Å². The fourth-order valence-corrected chi connectivity index (χ4v) is 2.47. The predicted octanol–water partition coefficient (Wildman–Crippen LogP) is 1.80. The van der Waals surface area contributed by atoms with Crippen LogP contribution < -0.4 is 0 Å². The summed E-state index contributed by atoms with van der Waals surface area (Å²) in [5.74, 6) is 1.50. The predicted molar refractivity (Wildman–Crippen MR) is 62.9 cm³/mol. The van der Waals surface area contributed by atoms with Gasteiger partial charge in [0, 0.05) is 18.7 Å². The number of hydrogen-bond acceptors (Lipinski definition) is 3. The molecule has 1 aliphatic rings. The van der Waals surface area contributed by atoms with Gasteiger partial charge in [0.1, 0.15) is 5.82 Å². The first kappa shape index (κ1) is 10.1. The Morgan fingerprint density at radius 2 is 2.25 bits per heavy atom. The maximum Gasteiger partial charge on any atom is 0.160 e. The number of likely N-dealkylation sites (tertiary alicyclic amines) is 1. The Hall–Kier alpha value is -1.13. The van der Waals surface area contributed by atoms with Crippen LogP contribution in [-0.2, 0) is 0 Å². The number of halogens is 1. The summed E-state index contributed by atoms with van der Waals surface area (Å²) in [5.41, 5.74) is 0.869. The average molecular weight is 237 g/mol. The third-order valence-corrected chi connectivity index (χ3v) is 3.37. The molecule has 1 fully saturated rings. The van der Waals surface area contributed by atoms with E-state index in [0.717, 1.165) is 36.0 Å². The molecule has 3 rings (SSSR count). The van der Waals surface area contributed by atoms with Crippen molar-refractivity contribution in [1.82, 2.24) is 19.5 Å². The molecular weight excluding hydrogens is 224 g/mol. The van der Waals surface area contributed by atoms with Gasteiger partial charge in [0.25, 0.3) is 0 Å². The Bertz CT molecular complexity index is 522. The van der Waals surface area contributed by atoms with Gasteiger partial charge >= 0.3 is 0 Å². The first-order valence-electron chi connectivity index (χ1n) is 5.43. The summed E-state index contributed by atoms with van der Waals surface area (Å²) in [4.78, 5) is 2.32. The van der Waals surface area contributed by atoms with Crippen LogP contribution in [0.15, 0.2) is 18.3 Å². The molecule has 0 bridgehead atoms. The van der Waals surface area contributed by atoms with Crippen LogP contribution in [-0.4, -0.2) is 39.6 Å². The van der Waals surface area contributed by atoms with Crippen molar-refractivity contribution in [2.45, 2.75) is 12.3 Å². The molecule has 2 aromatic heterocycles. The molecule has 0 aromatic carbocycles. The number of nitrogens with zero attached hydrogens (tertiary/aromatic N) is 4. The van der Waals surface area contributed by atoms with Crippen molar-refractivity contribution in [2.24, 2.45) is 0 Å². The maximum absolute atomic E-state index is 6.00. The van der Waals surface area contributed by atoms with Gasteiger partial charge in [-0.3, -0.25) is 4.40 Å². The number of aromatic nitrogens is 3. The highest BCUT2D eigenvalue weighted by Crippen LogP contribution is 2.25. The smallest absolute Gasteiger partial charge is 0.160 e. The molecule has 0 amide bonds. The topological polar surface area (TPSA) is 33.4 Å². The monoisotopic (exact) mass is 236 g/mol. The molecule has 4 nitrogen and oxygen atoms in total. The molecule has 84 valence electrons. The van der Waals surface area contributed by atoms with Crippen molar-refractivity contribution in [3.63, 3.8) is 0 Å². The van der Waals surface area contributed by atoms with Gasteiger partial charge in [0.05, 0.1) is 5.02 Å². The molecule has 1 aliphatic heterocycles. The Balaban J connectivity index is 2.06. The average Bonchev–Trinajstić information content (AvgIpc) is 2.83.